The lowest BCUT2D eigenvalue weighted by Gasteiger charge is -2.28. The number of rotatable bonds is 5. The van der Waals surface area contributed by atoms with Gasteiger partial charge in [0.2, 0.25) is 15.9 Å². The Morgan fingerprint density at radius 2 is 1.93 bits per heavy atom. The number of fused-ring (bicyclic) bond motifs is 1. The lowest BCUT2D eigenvalue weighted by atomic mass is 10.1. The molecule has 0 radical (unpaired) electrons. The first-order valence-electron chi connectivity index (χ1n) is 9.85. The summed E-state index contributed by atoms with van der Waals surface area (Å²) in [6.45, 7) is 1.51. The fraction of sp³-hybridized carbons (Fsp3) is 0.632. The molecule has 1 aromatic carbocycles. The molecule has 7 nitrogen and oxygen atoms in total. The van der Waals surface area contributed by atoms with E-state index in [1.54, 1.807) is 18.2 Å². The number of sulfonamides is 1. The molecule has 27 heavy (non-hydrogen) atoms. The zero-order valence-electron chi connectivity index (χ0n) is 15.4. The minimum atomic E-state index is -3.46. The third-order valence-corrected chi connectivity index (χ3v) is 7.50. The number of hydrogen-bond acceptors (Lipinski definition) is 5. The second-order valence-corrected chi connectivity index (χ2v) is 9.61. The average Bonchev–Trinajstić information content (AvgIpc) is 3.35. The topological polar surface area (TPSA) is 87.7 Å². The molecule has 0 bridgehead atoms. The highest BCUT2D eigenvalue weighted by Gasteiger charge is 2.29. The van der Waals surface area contributed by atoms with Gasteiger partial charge in [0.1, 0.15) is 12.4 Å². The van der Waals surface area contributed by atoms with Gasteiger partial charge in [0.15, 0.2) is 0 Å². The molecule has 3 aliphatic rings. The predicted octanol–water partition coefficient (Wildman–Crippen LogP) is 2.09. The molecule has 2 heterocycles. The van der Waals surface area contributed by atoms with Gasteiger partial charge >= 0.3 is 0 Å². The fourth-order valence-electron chi connectivity index (χ4n) is 4.12. The van der Waals surface area contributed by atoms with Crippen LogP contribution in [-0.4, -0.2) is 50.4 Å². The van der Waals surface area contributed by atoms with Crippen LogP contribution in [-0.2, 0) is 14.8 Å². The van der Waals surface area contributed by atoms with E-state index >= 15 is 0 Å². The van der Waals surface area contributed by atoms with E-state index in [1.165, 1.54) is 17.1 Å². The second-order valence-electron chi connectivity index (χ2n) is 7.67. The van der Waals surface area contributed by atoms with Crippen LogP contribution in [0.25, 0.3) is 0 Å². The number of anilines is 1. The first-order valence-corrected chi connectivity index (χ1v) is 11.3. The van der Waals surface area contributed by atoms with Crippen molar-refractivity contribution in [1.82, 2.24) is 9.62 Å². The largest absolute Gasteiger partial charge is 0.489 e. The van der Waals surface area contributed by atoms with Crippen molar-refractivity contribution in [2.45, 2.75) is 61.9 Å². The Morgan fingerprint density at radius 1 is 1.19 bits per heavy atom. The number of ether oxygens (including phenoxy) is 1. The van der Waals surface area contributed by atoms with Crippen LogP contribution < -0.4 is 15.4 Å². The molecule has 1 aliphatic carbocycles. The van der Waals surface area contributed by atoms with Crippen molar-refractivity contribution < 1.29 is 17.9 Å². The minimum Gasteiger partial charge on any atom is -0.489 e. The summed E-state index contributed by atoms with van der Waals surface area (Å²) in [7, 11) is -3.46. The Bertz CT molecular complexity index is 799. The molecule has 1 unspecified atom stereocenters. The molecule has 2 fully saturated rings. The highest BCUT2D eigenvalue weighted by Crippen LogP contribution is 2.33. The highest BCUT2D eigenvalue weighted by atomic mass is 32.2. The molecule has 148 valence electrons. The molecule has 1 saturated carbocycles. The van der Waals surface area contributed by atoms with Crippen LogP contribution in [0, 0.1) is 0 Å². The van der Waals surface area contributed by atoms with E-state index in [-0.39, 0.29) is 16.8 Å². The molecule has 8 heteroatoms. The van der Waals surface area contributed by atoms with E-state index < -0.39 is 10.0 Å². The predicted molar refractivity (Wildman–Crippen MR) is 102 cm³/mol. The summed E-state index contributed by atoms with van der Waals surface area (Å²) in [5.41, 5.74) is 0.736. The molecule has 2 aliphatic heterocycles. The monoisotopic (exact) mass is 393 g/mol. The van der Waals surface area contributed by atoms with Gasteiger partial charge in [0.05, 0.1) is 23.0 Å². The number of nitrogens with zero attached hydrogens (tertiary/aromatic N) is 1. The number of carbonyl (C=O) groups excluding carboxylic acids is 1. The summed E-state index contributed by atoms with van der Waals surface area (Å²) < 4.78 is 32.7. The zero-order chi connectivity index (χ0) is 18.9. The molecule has 1 aromatic rings. The number of carbonyl (C=O) groups is 1. The summed E-state index contributed by atoms with van der Waals surface area (Å²) in [4.78, 5) is 12.5. The van der Waals surface area contributed by atoms with Gasteiger partial charge in [0, 0.05) is 25.2 Å². The van der Waals surface area contributed by atoms with Gasteiger partial charge in [-0.25, -0.2) is 8.42 Å². The van der Waals surface area contributed by atoms with Crippen LogP contribution in [0.15, 0.2) is 23.1 Å². The van der Waals surface area contributed by atoms with Crippen LogP contribution >= 0.6 is 0 Å². The number of amides is 1. The van der Waals surface area contributed by atoms with Gasteiger partial charge in [-0.15, -0.1) is 0 Å². The summed E-state index contributed by atoms with van der Waals surface area (Å²) in [6, 6.07) is 5.14. The minimum absolute atomic E-state index is 0.0414. The molecule has 2 N–H and O–H groups in total. The Balaban J connectivity index is 1.39. The SMILES string of the molecule is O=C(CC1COc2cc(S(=O)(=O)N3CCCC3)ccc2N1)NC1CCCC1. The summed E-state index contributed by atoms with van der Waals surface area (Å²) in [5.74, 6) is 0.572. The Morgan fingerprint density at radius 3 is 2.67 bits per heavy atom. The Hall–Kier alpha value is -1.80. The van der Waals surface area contributed by atoms with Crippen molar-refractivity contribution in [1.29, 1.82) is 0 Å². The smallest absolute Gasteiger partial charge is 0.243 e. The summed E-state index contributed by atoms with van der Waals surface area (Å²) in [6.07, 6.45) is 6.68. The third-order valence-electron chi connectivity index (χ3n) is 5.61. The maximum Gasteiger partial charge on any atom is 0.243 e. The third kappa shape index (κ3) is 4.06. The lowest BCUT2D eigenvalue weighted by Crippen LogP contribution is -2.40. The van der Waals surface area contributed by atoms with E-state index in [0.29, 0.717) is 37.9 Å². The van der Waals surface area contributed by atoms with Crippen LogP contribution in [0.1, 0.15) is 44.9 Å². The quantitative estimate of drug-likeness (QED) is 0.800. The van der Waals surface area contributed by atoms with Crippen molar-refractivity contribution in [2.75, 3.05) is 25.0 Å². The average molecular weight is 394 g/mol. The van der Waals surface area contributed by atoms with Crippen molar-refractivity contribution in [3.8, 4) is 5.75 Å². The second kappa shape index (κ2) is 7.67. The van der Waals surface area contributed by atoms with Gasteiger partial charge in [-0.1, -0.05) is 12.8 Å². The van der Waals surface area contributed by atoms with Crippen molar-refractivity contribution >= 4 is 21.6 Å². The standard InChI is InChI=1S/C19H27N3O4S/c23-19(21-14-5-1-2-6-14)11-15-13-26-18-12-16(7-8-17(18)20-15)27(24,25)22-9-3-4-10-22/h7-8,12,14-15,20H,1-6,9-11,13H2,(H,21,23). The molecule has 1 atom stereocenters. The lowest BCUT2D eigenvalue weighted by molar-refractivity contribution is -0.122. The number of benzene rings is 1. The summed E-state index contributed by atoms with van der Waals surface area (Å²) in [5, 5.41) is 6.40. The molecule has 4 rings (SSSR count). The highest BCUT2D eigenvalue weighted by molar-refractivity contribution is 7.89. The van der Waals surface area contributed by atoms with Crippen LogP contribution in [0.4, 0.5) is 5.69 Å². The van der Waals surface area contributed by atoms with Crippen molar-refractivity contribution in [3.63, 3.8) is 0 Å². The number of hydrogen-bond donors (Lipinski definition) is 2. The summed E-state index contributed by atoms with van der Waals surface area (Å²) >= 11 is 0. The molecule has 0 aromatic heterocycles. The van der Waals surface area contributed by atoms with E-state index in [2.05, 4.69) is 10.6 Å². The Labute approximate surface area is 160 Å². The van der Waals surface area contributed by atoms with Gasteiger partial charge in [0.25, 0.3) is 0 Å². The fourth-order valence-corrected chi connectivity index (χ4v) is 5.65. The van der Waals surface area contributed by atoms with Crippen LogP contribution in [0.2, 0.25) is 0 Å². The van der Waals surface area contributed by atoms with Gasteiger partial charge in [-0.2, -0.15) is 4.31 Å². The molecule has 1 amide bonds. The van der Waals surface area contributed by atoms with E-state index in [4.69, 9.17) is 4.74 Å². The molecular weight excluding hydrogens is 366 g/mol. The Kier molecular flexibility index (Phi) is 5.27. The van der Waals surface area contributed by atoms with E-state index in [1.807, 2.05) is 0 Å². The first kappa shape index (κ1) is 18.6. The van der Waals surface area contributed by atoms with Gasteiger partial charge < -0.3 is 15.4 Å². The van der Waals surface area contributed by atoms with E-state index in [9.17, 15) is 13.2 Å². The molecule has 0 spiro atoms. The zero-order valence-corrected chi connectivity index (χ0v) is 16.3. The first-order chi connectivity index (χ1) is 13.0. The molecule has 1 saturated heterocycles. The van der Waals surface area contributed by atoms with Gasteiger partial charge in [-0.05, 0) is 37.8 Å². The van der Waals surface area contributed by atoms with Crippen molar-refractivity contribution in [3.05, 3.63) is 18.2 Å². The maximum absolute atomic E-state index is 12.7. The van der Waals surface area contributed by atoms with Crippen LogP contribution in [0.5, 0.6) is 5.75 Å². The van der Waals surface area contributed by atoms with Gasteiger partial charge in [-0.3, -0.25) is 4.79 Å². The van der Waals surface area contributed by atoms with Crippen molar-refractivity contribution in [2.24, 2.45) is 0 Å². The van der Waals surface area contributed by atoms with Crippen LogP contribution in [0.3, 0.4) is 0 Å². The van der Waals surface area contributed by atoms with E-state index in [0.717, 1.165) is 31.4 Å². The molecular formula is C19H27N3O4S. The maximum atomic E-state index is 12.7. The normalized spacial score (nSPS) is 23.5. The number of nitrogens with one attached hydrogen (secondary N) is 2.